The van der Waals surface area contributed by atoms with Gasteiger partial charge in [0, 0.05) is 19.3 Å². The number of ether oxygens (including phenoxy) is 3. The van der Waals surface area contributed by atoms with Gasteiger partial charge in [-0.05, 0) is 25.2 Å². The van der Waals surface area contributed by atoms with E-state index in [9.17, 15) is 14.4 Å². The summed E-state index contributed by atoms with van der Waals surface area (Å²) in [4.78, 5) is 37.7. The molecular weight excluding hydrogens is 673 g/mol. The van der Waals surface area contributed by atoms with Crippen molar-refractivity contribution in [3.8, 4) is 0 Å². The first-order valence-electron chi connectivity index (χ1n) is 23.9. The second-order valence-corrected chi connectivity index (χ2v) is 16.9. The number of hydrogen-bond acceptors (Lipinski definition) is 6. The van der Waals surface area contributed by atoms with E-state index in [2.05, 4.69) is 27.7 Å². The number of hydrogen-bond donors (Lipinski definition) is 0. The van der Waals surface area contributed by atoms with Crippen LogP contribution in [-0.4, -0.2) is 37.2 Å². The summed E-state index contributed by atoms with van der Waals surface area (Å²) in [5.74, 6) is -0.0732. The summed E-state index contributed by atoms with van der Waals surface area (Å²) in [7, 11) is 0. The minimum absolute atomic E-state index is 0.0639. The van der Waals surface area contributed by atoms with Gasteiger partial charge < -0.3 is 14.2 Å². The van der Waals surface area contributed by atoms with Crippen LogP contribution >= 0.6 is 0 Å². The topological polar surface area (TPSA) is 78.9 Å². The van der Waals surface area contributed by atoms with Crippen molar-refractivity contribution in [2.75, 3.05) is 13.2 Å². The van der Waals surface area contributed by atoms with Crippen LogP contribution < -0.4 is 0 Å². The lowest BCUT2D eigenvalue weighted by Gasteiger charge is -2.18. The summed E-state index contributed by atoms with van der Waals surface area (Å²) in [5.41, 5.74) is 0. The predicted octanol–water partition coefficient (Wildman–Crippen LogP) is 15.1. The molecule has 0 aliphatic carbocycles. The number of unbranched alkanes of at least 4 members (excludes halogenated alkanes) is 30. The Bertz CT molecular complexity index is 811. The van der Waals surface area contributed by atoms with E-state index in [1.54, 1.807) is 0 Å². The zero-order valence-electron chi connectivity index (χ0n) is 36.7. The fourth-order valence-electron chi connectivity index (χ4n) is 7.16. The molecule has 0 fully saturated rings. The van der Waals surface area contributed by atoms with Gasteiger partial charge in [0.15, 0.2) is 6.10 Å². The highest BCUT2D eigenvalue weighted by Crippen LogP contribution is 2.16. The number of rotatable bonds is 43. The molecule has 6 heteroatoms. The largest absolute Gasteiger partial charge is 0.462 e. The zero-order valence-corrected chi connectivity index (χ0v) is 36.7. The molecule has 0 spiro atoms. The summed E-state index contributed by atoms with van der Waals surface area (Å²) in [5, 5.41) is 0. The second kappa shape index (κ2) is 42.6. The smallest absolute Gasteiger partial charge is 0.306 e. The van der Waals surface area contributed by atoms with E-state index in [-0.39, 0.29) is 31.1 Å². The van der Waals surface area contributed by atoms with Crippen molar-refractivity contribution in [2.24, 2.45) is 5.92 Å². The third-order valence-corrected chi connectivity index (χ3v) is 10.8. The summed E-state index contributed by atoms with van der Waals surface area (Å²) in [6.45, 7) is 8.95. The molecule has 0 N–H and O–H groups in total. The van der Waals surface area contributed by atoms with E-state index < -0.39 is 6.10 Å². The summed E-state index contributed by atoms with van der Waals surface area (Å²) in [6.07, 6.45) is 42.4. The van der Waals surface area contributed by atoms with Crippen LogP contribution in [0.3, 0.4) is 0 Å². The van der Waals surface area contributed by atoms with Gasteiger partial charge in [0.25, 0.3) is 0 Å². The van der Waals surface area contributed by atoms with E-state index in [0.717, 1.165) is 63.7 Å². The second-order valence-electron chi connectivity index (χ2n) is 16.9. The van der Waals surface area contributed by atoms with Crippen LogP contribution in [0, 0.1) is 5.92 Å². The monoisotopic (exact) mass is 765 g/mol. The molecule has 1 atom stereocenters. The first-order valence-corrected chi connectivity index (χ1v) is 23.9. The molecule has 0 aromatic carbocycles. The fraction of sp³-hybridized carbons (Fsp3) is 0.938. The summed E-state index contributed by atoms with van der Waals surface area (Å²) in [6, 6.07) is 0. The van der Waals surface area contributed by atoms with Gasteiger partial charge in [-0.15, -0.1) is 0 Å². The molecule has 54 heavy (non-hydrogen) atoms. The predicted molar refractivity (Wildman–Crippen MR) is 229 cm³/mol. The van der Waals surface area contributed by atoms with Crippen molar-refractivity contribution in [1.82, 2.24) is 0 Å². The Morgan fingerprint density at radius 3 is 0.907 bits per heavy atom. The van der Waals surface area contributed by atoms with Crippen LogP contribution in [0.4, 0.5) is 0 Å². The van der Waals surface area contributed by atoms with Crippen molar-refractivity contribution in [2.45, 2.75) is 271 Å². The molecule has 0 amide bonds. The Kier molecular flexibility index (Phi) is 41.3. The molecule has 320 valence electrons. The molecule has 0 aromatic rings. The lowest BCUT2D eigenvalue weighted by Crippen LogP contribution is -2.30. The zero-order chi connectivity index (χ0) is 39.6. The highest BCUT2D eigenvalue weighted by molar-refractivity contribution is 5.71. The normalized spacial score (nSPS) is 11.9. The van der Waals surface area contributed by atoms with Crippen LogP contribution in [0.1, 0.15) is 265 Å². The molecule has 0 saturated carbocycles. The minimum Gasteiger partial charge on any atom is -0.462 e. The molecular formula is C48H92O6. The van der Waals surface area contributed by atoms with E-state index in [1.165, 1.54) is 161 Å². The summed E-state index contributed by atoms with van der Waals surface area (Å²) >= 11 is 0. The van der Waals surface area contributed by atoms with Gasteiger partial charge >= 0.3 is 17.9 Å². The molecule has 0 aliphatic rings. The molecule has 0 unspecified atom stereocenters. The van der Waals surface area contributed by atoms with Crippen LogP contribution in [0.2, 0.25) is 0 Å². The summed E-state index contributed by atoms with van der Waals surface area (Å²) < 4.78 is 16.7. The van der Waals surface area contributed by atoms with E-state index in [0.29, 0.717) is 19.3 Å². The van der Waals surface area contributed by atoms with Crippen LogP contribution in [0.5, 0.6) is 0 Å². The van der Waals surface area contributed by atoms with E-state index in [1.807, 2.05) is 0 Å². The van der Waals surface area contributed by atoms with Crippen molar-refractivity contribution >= 4 is 17.9 Å². The van der Waals surface area contributed by atoms with Crippen molar-refractivity contribution in [1.29, 1.82) is 0 Å². The number of carbonyl (C=O) groups is 3. The molecule has 0 aliphatic heterocycles. The number of carbonyl (C=O) groups excluding carboxylic acids is 3. The Balaban J connectivity index is 4.26. The highest BCUT2D eigenvalue weighted by Gasteiger charge is 2.19. The standard InChI is InChI=1S/C48H92O6/c1-5-7-9-11-13-15-17-18-19-20-21-22-24-27-31-35-39-46(49)52-42-45(54-48(51)41-37-33-28-23-16-14-12-10-8-6-2)43-53-47(50)40-36-32-29-25-26-30-34-38-44(3)4/h44-45H,5-43H2,1-4H3/t45-/m0/s1. The van der Waals surface area contributed by atoms with Crippen LogP contribution in [0.15, 0.2) is 0 Å². The number of esters is 3. The first kappa shape index (κ1) is 52.4. The molecule has 0 bridgehead atoms. The quantitative estimate of drug-likeness (QED) is 0.0349. The van der Waals surface area contributed by atoms with Crippen LogP contribution in [0.25, 0.3) is 0 Å². The van der Waals surface area contributed by atoms with Gasteiger partial charge in [-0.2, -0.15) is 0 Å². The molecule has 0 heterocycles. The van der Waals surface area contributed by atoms with Crippen LogP contribution in [-0.2, 0) is 28.6 Å². The van der Waals surface area contributed by atoms with Crippen molar-refractivity contribution in [3.63, 3.8) is 0 Å². The Hall–Kier alpha value is -1.59. The average Bonchev–Trinajstić information content (AvgIpc) is 3.15. The Labute approximate surface area is 336 Å². The van der Waals surface area contributed by atoms with Crippen molar-refractivity contribution < 1.29 is 28.6 Å². The van der Waals surface area contributed by atoms with E-state index >= 15 is 0 Å². The highest BCUT2D eigenvalue weighted by atomic mass is 16.6. The van der Waals surface area contributed by atoms with Gasteiger partial charge in [0.1, 0.15) is 13.2 Å². The maximum absolute atomic E-state index is 12.7. The SMILES string of the molecule is CCCCCCCCCCCCCCCCCCC(=O)OC[C@@H](COC(=O)CCCCCCCCCC(C)C)OC(=O)CCCCCCCCCCCC. The third kappa shape index (κ3) is 41.6. The maximum Gasteiger partial charge on any atom is 0.306 e. The molecule has 0 rings (SSSR count). The minimum atomic E-state index is -0.759. The molecule has 6 nitrogen and oxygen atoms in total. The Morgan fingerprint density at radius 1 is 0.352 bits per heavy atom. The van der Waals surface area contributed by atoms with Gasteiger partial charge in [-0.3, -0.25) is 14.4 Å². The third-order valence-electron chi connectivity index (χ3n) is 10.8. The fourth-order valence-corrected chi connectivity index (χ4v) is 7.16. The maximum atomic E-state index is 12.7. The molecule has 0 radical (unpaired) electrons. The molecule has 0 saturated heterocycles. The van der Waals surface area contributed by atoms with Gasteiger partial charge in [0.05, 0.1) is 0 Å². The first-order chi connectivity index (χ1) is 26.4. The van der Waals surface area contributed by atoms with Crippen molar-refractivity contribution in [3.05, 3.63) is 0 Å². The van der Waals surface area contributed by atoms with Gasteiger partial charge in [-0.25, -0.2) is 0 Å². The van der Waals surface area contributed by atoms with E-state index in [4.69, 9.17) is 14.2 Å². The Morgan fingerprint density at radius 2 is 0.611 bits per heavy atom. The van der Waals surface area contributed by atoms with Gasteiger partial charge in [-0.1, -0.05) is 227 Å². The molecule has 0 aromatic heterocycles. The van der Waals surface area contributed by atoms with Gasteiger partial charge in [0.2, 0.25) is 0 Å². The lowest BCUT2D eigenvalue weighted by atomic mass is 10.0. The average molecular weight is 765 g/mol. The lowest BCUT2D eigenvalue weighted by molar-refractivity contribution is -0.167.